The van der Waals surface area contributed by atoms with Crippen molar-refractivity contribution in [3.05, 3.63) is 11.4 Å². The summed E-state index contributed by atoms with van der Waals surface area (Å²) < 4.78 is 17.5. The zero-order valence-electron chi connectivity index (χ0n) is 11.4. The smallest absolute Gasteiger partial charge is 0.0825 e. The molecule has 0 aromatic carbocycles. The number of nitrogen functional groups attached to an aromatic ring is 1. The van der Waals surface area contributed by atoms with Gasteiger partial charge in [0.05, 0.1) is 56.7 Å². The molecular weight excluding hydrogens is 234 g/mol. The van der Waals surface area contributed by atoms with Gasteiger partial charge in [-0.1, -0.05) is 0 Å². The van der Waals surface area contributed by atoms with Crippen LogP contribution in [0.15, 0.2) is 0 Å². The SMILES string of the molecule is COCCOCCOCCn1nc(C)c(N)c1C. The fourth-order valence-electron chi connectivity index (χ4n) is 1.54. The average molecular weight is 257 g/mol. The monoisotopic (exact) mass is 257 g/mol. The Bertz CT molecular complexity index is 353. The molecule has 0 saturated heterocycles. The molecule has 1 aromatic rings. The Labute approximate surface area is 108 Å². The lowest BCUT2D eigenvalue weighted by molar-refractivity contribution is 0.0224. The highest BCUT2D eigenvalue weighted by atomic mass is 16.5. The van der Waals surface area contributed by atoms with Crippen molar-refractivity contribution in [2.24, 2.45) is 0 Å². The normalized spacial score (nSPS) is 11.1. The minimum atomic E-state index is 0.582. The number of hydrogen-bond acceptors (Lipinski definition) is 5. The largest absolute Gasteiger partial charge is 0.396 e. The summed E-state index contributed by atoms with van der Waals surface area (Å²) in [5.74, 6) is 0. The Hall–Kier alpha value is -1.11. The third-order valence-corrected chi connectivity index (χ3v) is 2.69. The van der Waals surface area contributed by atoms with E-state index in [0.717, 1.165) is 17.1 Å². The van der Waals surface area contributed by atoms with Crippen LogP contribution in [0.1, 0.15) is 11.4 Å². The average Bonchev–Trinajstić information content (AvgIpc) is 2.60. The molecule has 6 heteroatoms. The zero-order chi connectivity index (χ0) is 13.4. The molecule has 18 heavy (non-hydrogen) atoms. The number of nitrogens with zero attached hydrogens (tertiary/aromatic N) is 2. The first-order valence-corrected chi connectivity index (χ1v) is 6.10. The highest BCUT2D eigenvalue weighted by Crippen LogP contribution is 2.14. The van der Waals surface area contributed by atoms with Gasteiger partial charge in [-0.05, 0) is 13.8 Å². The molecule has 104 valence electrons. The van der Waals surface area contributed by atoms with Crippen LogP contribution in [0.5, 0.6) is 0 Å². The lowest BCUT2D eigenvalue weighted by Crippen LogP contribution is -2.13. The molecule has 6 nitrogen and oxygen atoms in total. The molecule has 2 N–H and O–H groups in total. The van der Waals surface area contributed by atoms with E-state index < -0.39 is 0 Å². The van der Waals surface area contributed by atoms with Crippen LogP contribution in [-0.4, -0.2) is 49.9 Å². The van der Waals surface area contributed by atoms with E-state index in [1.54, 1.807) is 7.11 Å². The summed E-state index contributed by atoms with van der Waals surface area (Å²) in [5.41, 5.74) is 8.47. The predicted molar refractivity (Wildman–Crippen MR) is 69.6 cm³/mol. The molecule has 0 amide bonds. The second-order valence-corrected chi connectivity index (χ2v) is 4.03. The van der Waals surface area contributed by atoms with E-state index in [-0.39, 0.29) is 0 Å². The van der Waals surface area contributed by atoms with Crippen molar-refractivity contribution in [3.63, 3.8) is 0 Å². The Morgan fingerprint density at radius 3 is 2.22 bits per heavy atom. The van der Waals surface area contributed by atoms with Gasteiger partial charge >= 0.3 is 0 Å². The van der Waals surface area contributed by atoms with Crippen LogP contribution in [-0.2, 0) is 20.8 Å². The molecule has 0 fully saturated rings. The molecule has 0 aliphatic heterocycles. The van der Waals surface area contributed by atoms with Crippen molar-refractivity contribution in [3.8, 4) is 0 Å². The van der Waals surface area contributed by atoms with Crippen LogP contribution in [0.4, 0.5) is 5.69 Å². The number of aryl methyl sites for hydroxylation is 1. The maximum atomic E-state index is 5.85. The molecule has 0 aliphatic carbocycles. The predicted octanol–water partition coefficient (Wildman–Crippen LogP) is 0.762. The third kappa shape index (κ3) is 4.64. The van der Waals surface area contributed by atoms with Gasteiger partial charge in [-0.3, -0.25) is 4.68 Å². The number of nitrogens with two attached hydrogens (primary N) is 1. The van der Waals surface area contributed by atoms with Crippen LogP contribution in [0, 0.1) is 13.8 Å². The van der Waals surface area contributed by atoms with Gasteiger partial charge in [-0.15, -0.1) is 0 Å². The van der Waals surface area contributed by atoms with Crippen molar-refractivity contribution in [1.82, 2.24) is 9.78 Å². The first-order chi connectivity index (χ1) is 8.66. The van der Waals surface area contributed by atoms with E-state index in [0.29, 0.717) is 39.6 Å². The molecule has 1 heterocycles. The second-order valence-electron chi connectivity index (χ2n) is 4.03. The number of rotatable bonds is 9. The highest BCUT2D eigenvalue weighted by molar-refractivity contribution is 5.46. The van der Waals surface area contributed by atoms with Gasteiger partial charge in [0.1, 0.15) is 0 Å². The first-order valence-electron chi connectivity index (χ1n) is 6.10. The Kier molecular flexibility index (Phi) is 6.70. The van der Waals surface area contributed by atoms with Gasteiger partial charge in [0, 0.05) is 7.11 Å². The molecule has 0 spiro atoms. The molecule has 1 rings (SSSR count). The number of aromatic nitrogens is 2. The first kappa shape index (κ1) is 14.9. The molecule has 0 radical (unpaired) electrons. The standard InChI is InChI=1S/C12H23N3O3/c1-10-12(13)11(2)15(14-10)4-5-17-8-9-18-7-6-16-3/h4-9,13H2,1-3H3. The summed E-state index contributed by atoms with van der Waals surface area (Å²) in [7, 11) is 1.65. The molecule has 0 aliphatic rings. The zero-order valence-corrected chi connectivity index (χ0v) is 11.4. The van der Waals surface area contributed by atoms with Gasteiger partial charge in [-0.25, -0.2) is 0 Å². The van der Waals surface area contributed by atoms with Crippen LogP contribution in [0.2, 0.25) is 0 Å². The number of methoxy groups -OCH3 is 1. The third-order valence-electron chi connectivity index (χ3n) is 2.69. The van der Waals surface area contributed by atoms with Gasteiger partial charge in [0.25, 0.3) is 0 Å². The number of hydrogen-bond donors (Lipinski definition) is 1. The molecule has 0 bridgehead atoms. The van der Waals surface area contributed by atoms with Crippen molar-refractivity contribution in [2.45, 2.75) is 20.4 Å². The van der Waals surface area contributed by atoms with E-state index in [2.05, 4.69) is 5.10 Å². The Morgan fingerprint density at radius 2 is 1.67 bits per heavy atom. The van der Waals surface area contributed by atoms with Crippen molar-refractivity contribution in [1.29, 1.82) is 0 Å². The van der Waals surface area contributed by atoms with E-state index in [9.17, 15) is 0 Å². The summed E-state index contributed by atoms with van der Waals surface area (Å²) in [6, 6.07) is 0. The van der Waals surface area contributed by atoms with E-state index in [4.69, 9.17) is 19.9 Å². The van der Waals surface area contributed by atoms with Crippen molar-refractivity contribution >= 4 is 5.69 Å². The number of anilines is 1. The van der Waals surface area contributed by atoms with Crippen LogP contribution in [0.3, 0.4) is 0 Å². The molecule has 0 atom stereocenters. The van der Waals surface area contributed by atoms with Gasteiger partial charge in [0.15, 0.2) is 0 Å². The molecule has 0 saturated carbocycles. The lowest BCUT2D eigenvalue weighted by atomic mass is 10.3. The van der Waals surface area contributed by atoms with Gasteiger partial charge < -0.3 is 19.9 Å². The summed E-state index contributed by atoms with van der Waals surface area (Å²) in [4.78, 5) is 0. The topological polar surface area (TPSA) is 71.5 Å². The maximum Gasteiger partial charge on any atom is 0.0825 e. The summed E-state index contributed by atoms with van der Waals surface area (Å²) >= 11 is 0. The van der Waals surface area contributed by atoms with Crippen LogP contribution < -0.4 is 5.73 Å². The molecular formula is C12H23N3O3. The van der Waals surface area contributed by atoms with Crippen molar-refractivity contribution < 1.29 is 14.2 Å². The fourth-order valence-corrected chi connectivity index (χ4v) is 1.54. The number of ether oxygens (including phenoxy) is 3. The second kappa shape index (κ2) is 8.07. The minimum Gasteiger partial charge on any atom is -0.396 e. The molecule has 1 aromatic heterocycles. The molecule has 0 unspecified atom stereocenters. The van der Waals surface area contributed by atoms with E-state index >= 15 is 0 Å². The van der Waals surface area contributed by atoms with E-state index in [1.165, 1.54) is 0 Å². The summed E-state index contributed by atoms with van der Waals surface area (Å²) in [5, 5.41) is 4.33. The highest BCUT2D eigenvalue weighted by Gasteiger charge is 2.07. The minimum absolute atomic E-state index is 0.582. The lowest BCUT2D eigenvalue weighted by Gasteiger charge is -2.07. The van der Waals surface area contributed by atoms with Gasteiger partial charge in [0.2, 0.25) is 0 Å². The van der Waals surface area contributed by atoms with E-state index in [1.807, 2.05) is 18.5 Å². The van der Waals surface area contributed by atoms with Crippen LogP contribution >= 0.6 is 0 Å². The Morgan fingerprint density at radius 1 is 1.06 bits per heavy atom. The fraction of sp³-hybridized carbons (Fsp3) is 0.750. The van der Waals surface area contributed by atoms with Crippen LogP contribution in [0.25, 0.3) is 0 Å². The summed E-state index contributed by atoms with van der Waals surface area (Å²) in [6.45, 7) is 7.57. The Balaban J connectivity index is 2.09. The maximum absolute atomic E-state index is 5.85. The van der Waals surface area contributed by atoms with Gasteiger partial charge in [-0.2, -0.15) is 5.10 Å². The van der Waals surface area contributed by atoms with Crippen molar-refractivity contribution in [2.75, 3.05) is 45.9 Å². The summed E-state index contributed by atoms with van der Waals surface area (Å²) in [6.07, 6.45) is 0. The quantitative estimate of drug-likeness (QED) is 0.661.